The van der Waals surface area contributed by atoms with Crippen LogP contribution in [0.1, 0.15) is 39.5 Å². The Hall–Kier alpha value is -2.45. The molecule has 1 aliphatic heterocycles. The van der Waals surface area contributed by atoms with Gasteiger partial charge in [0.15, 0.2) is 0 Å². The third-order valence-electron chi connectivity index (χ3n) is 6.07. The van der Waals surface area contributed by atoms with Crippen molar-refractivity contribution in [3.63, 3.8) is 0 Å². The first kappa shape index (κ1) is 24.2. The molecule has 0 spiro atoms. The van der Waals surface area contributed by atoms with Crippen molar-refractivity contribution in [2.75, 3.05) is 37.7 Å². The molecule has 174 valence electrons. The summed E-state index contributed by atoms with van der Waals surface area (Å²) in [6, 6.07) is 14.2. The van der Waals surface area contributed by atoms with Gasteiger partial charge in [-0.05, 0) is 60.9 Å². The molecule has 0 bridgehead atoms. The Bertz CT molecular complexity index is 954. The molecule has 32 heavy (non-hydrogen) atoms. The molecule has 0 radical (unpaired) electrons. The Morgan fingerprint density at radius 3 is 2.22 bits per heavy atom. The van der Waals surface area contributed by atoms with Gasteiger partial charge in [-0.15, -0.1) is 0 Å². The summed E-state index contributed by atoms with van der Waals surface area (Å²) in [6.07, 6.45) is 4.64. The molecule has 8 heteroatoms. The van der Waals surface area contributed by atoms with E-state index in [1.165, 1.54) is 12.8 Å². The van der Waals surface area contributed by atoms with Crippen LogP contribution in [0.5, 0.6) is 5.75 Å². The summed E-state index contributed by atoms with van der Waals surface area (Å²) >= 11 is 0. The van der Waals surface area contributed by atoms with Crippen LogP contribution < -0.4 is 9.64 Å². The predicted octanol–water partition coefficient (Wildman–Crippen LogP) is 5.46. The Morgan fingerprint density at radius 2 is 1.66 bits per heavy atom. The molecule has 1 aliphatic rings. The summed E-state index contributed by atoms with van der Waals surface area (Å²) in [6.45, 7) is 7.15. The van der Waals surface area contributed by atoms with Gasteiger partial charge in [-0.1, -0.05) is 33.1 Å². The van der Waals surface area contributed by atoms with Crippen LogP contribution in [0.3, 0.4) is 0 Å². The van der Waals surface area contributed by atoms with Crippen molar-refractivity contribution in [1.29, 1.82) is 5.53 Å². The fraction of sp³-hybridized carbons (Fsp3) is 0.500. The molecule has 0 aromatic heterocycles. The first-order chi connectivity index (χ1) is 15.5. The maximum absolute atomic E-state index is 13.1. The second kappa shape index (κ2) is 11.4. The van der Waals surface area contributed by atoms with E-state index in [0.717, 1.165) is 18.5 Å². The Labute approximate surface area is 191 Å². The number of piperazine rings is 1. The van der Waals surface area contributed by atoms with Gasteiger partial charge in [-0.25, -0.2) is 13.9 Å². The topological polar surface area (TPSA) is 86.1 Å². The predicted molar refractivity (Wildman–Crippen MR) is 127 cm³/mol. The largest absolute Gasteiger partial charge is 0.493 e. The number of nitrogens with one attached hydrogen (secondary N) is 1. The van der Waals surface area contributed by atoms with Gasteiger partial charge < -0.3 is 9.64 Å². The second-order valence-corrected chi connectivity index (χ2v) is 10.2. The summed E-state index contributed by atoms with van der Waals surface area (Å²) < 4.78 is 33.6. The lowest BCUT2D eigenvalue weighted by molar-refractivity contribution is 0.233. The van der Waals surface area contributed by atoms with E-state index < -0.39 is 10.0 Å². The minimum atomic E-state index is -3.53. The number of benzene rings is 2. The van der Waals surface area contributed by atoms with Crippen LogP contribution in [0, 0.1) is 11.4 Å². The zero-order valence-electron chi connectivity index (χ0n) is 19.0. The fourth-order valence-electron chi connectivity index (χ4n) is 3.89. The molecule has 0 aliphatic carbocycles. The summed E-state index contributed by atoms with van der Waals surface area (Å²) in [4.78, 5) is 2.46. The highest BCUT2D eigenvalue weighted by Gasteiger charge is 2.28. The molecule has 1 N–H and O–H groups in total. The van der Waals surface area contributed by atoms with Crippen molar-refractivity contribution >= 4 is 21.4 Å². The van der Waals surface area contributed by atoms with Gasteiger partial charge in [0.05, 0.1) is 17.2 Å². The molecule has 0 amide bonds. The van der Waals surface area contributed by atoms with Crippen LogP contribution in [0.25, 0.3) is 0 Å². The van der Waals surface area contributed by atoms with Crippen LogP contribution in [0.15, 0.2) is 58.5 Å². The monoisotopic (exact) mass is 458 g/mol. The quantitative estimate of drug-likeness (QED) is 0.453. The van der Waals surface area contributed by atoms with Crippen molar-refractivity contribution in [1.82, 2.24) is 4.31 Å². The molecule has 1 atom stereocenters. The molecule has 7 nitrogen and oxygen atoms in total. The van der Waals surface area contributed by atoms with E-state index in [1.54, 1.807) is 40.7 Å². The highest BCUT2D eigenvalue weighted by atomic mass is 32.2. The third-order valence-corrected chi connectivity index (χ3v) is 7.99. The minimum Gasteiger partial charge on any atom is -0.493 e. The molecule has 1 heterocycles. The summed E-state index contributed by atoms with van der Waals surface area (Å²) in [7, 11) is -3.53. The number of ether oxygens (including phenoxy) is 1. The smallest absolute Gasteiger partial charge is 0.243 e. The van der Waals surface area contributed by atoms with Crippen molar-refractivity contribution in [3.05, 3.63) is 48.5 Å². The van der Waals surface area contributed by atoms with E-state index in [-0.39, 0.29) is 0 Å². The highest BCUT2D eigenvalue weighted by molar-refractivity contribution is 7.89. The second-order valence-electron chi connectivity index (χ2n) is 8.22. The van der Waals surface area contributed by atoms with Crippen molar-refractivity contribution < 1.29 is 13.2 Å². The SMILES string of the molecule is CCCCC(CC)COc1ccc(S(=O)(=O)N2CCN(c3ccc(N=N)cc3)CC2)cc1. The van der Waals surface area contributed by atoms with Crippen molar-refractivity contribution in [3.8, 4) is 5.75 Å². The van der Waals surface area contributed by atoms with Crippen LogP contribution in [-0.2, 0) is 10.0 Å². The third kappa shape index (κ3) is 6.07. The number of nitrogens with zero attached hydrogens (tertiary/aromatic N) is 3. The van der Waals surface area contributed by atoms with Crippen LogP contribution in [0.2, 0.25) is 0 Å². The van der Waals surface area contributed by atoms with Gasteiger partial charge in [0, 0.05) is 31.9 Å². The van der Waals surface area contributed by atoms with E-state index >= 15 is 0 Å². The van der Waals surface area contributed by atoms with Crippen molar-refractivity contribution in [2.45, 2.75) is 44.4 Å². The molecule has 1 unspecified atom stereocenters. The Kier molecular flexibility index (Phi) is 8.64. The normalized spacial score (nSPS) is 16.0. The Morgan fingerprint density at radius 1 is 1.00 bits per heavy atom. The first-order valence-corrected chi connectivity index (χ1v) is 12.9. The van der Waals surface area contributed by atoms with E-state index in [4.69, 9.17) is 10.3 Å². The average Bonchev–Trinajstić information content (AvgIpc) is 2.84. The number of unbranched alkanes of at least 4 members (excludes halogenated alkanes) is 1. The number of hydrogen-bond donors (Lipinski definition) is 1. The van der Waals surface area contributed by atoms with Crippen LogP contribution in [0.4, 0.5) is 11.4 Å². The lowest BCUT2D eigenvalue weighted by Gasteiger charge is -2.35. The molecule has 0 saturated carbocycles. The number of rotatable bonds is 11. The average molecular weight is 459 g/mol. The lowest BCUT2D eigenvalue weighted by Crippen LogP contribution is -2.48. The Balaban J connectivity index is 1.56. The zero-order valence-corrected chi connectivity index (χ0v) is 19.9. The van der Waals surface area contributed by atoms with E-state index in [2.05, 4.69) is 23.9 Å². The standard InChI is InChI=1S/C24H34N4O3S/c1-3-5-6-20(4-2)19-31-23-11-13-24(14-12-23)32(29,30)28-17-15-27(16-18-28)22-9-7-21(26-25)8-10-22/h7-14,20,25H,3-6,15-19H2,1-2H3. The number of sulfonamides is 1. The van der Waals surface area contributed by atoms with Crippen LogP contribution in [-0.4, -0.2) is 45.5 Å². The zero-order chi connectivity index (χ0) is 23.0. The summed E-state index contributed by atoms with van der Waals surface area (Å²) in [5.41, 5.74) is 8.67. The maximum atomic E-state index is 13.1. The summed E-state index contributed by atoms with van der Waals surface area (Å²) in [5, 5.41) is 3.41. The van der Waals surface area contributed by atoms with Gasteiger partial charge in [-0.3, -0.25) is 0 Å². The van der Waals surface area contributed by atoms with Crippen LogP contribution >= 0.6 is 0 Å². The van der Waals surface area contributed by atoms with Gasteiger partial charge in [0.1, 0.15) is 5.75 Å². The fourth-order valence-corrected chi connectivity index (χ4v) is 5.32. The van der Waals surface area contributed by atoms with E-state index in [1.807, 2.05) is 12.1 Å². The molecular formula is C24H34N4O3S. The molecule has 1 saturated heterocycles. The molecular weight excluding hydrogens is 424 g/mol. The van der Waals surface area contributed by atoms with Gasteiger partial charge in [0.25, 0.3) is 0 Å². The highest BCUT2D eigenvalue weighted by Crippen LogP contribution is 2.25. The first-order valence-electron chi connectivity index (χ1n) is 11.4. The number of hydrogen-bond acceptors (Lipinski definition) is 6. The lowest BCUT2D eigenvalue weighted by atomic mass is 10.0. The minimum absolute atomic E-state index is 0.303. The van der Waals surface area contributed by atoms with Gasteiger partial charge >= 0.3 is 0 Å². The summed E-state index contributed by atoms with van der Waals surface area (Å²) in [5.74, 6) is 1.25. The molecule has 2 aromatic carbocycles. The van der Waals surface area contributed by atoms with Gasteiger partial charge in [-0.2, -0.15) is 9.42 Å². The number of anilines is 1. The molecule has 3 rings (SSSR count). The van der Waals surface area contributed by atoms with Gasteiger partial charge in [0.2, 0.25) is 10.0 Å². The molecule has 2 aromatic rings. The molecule has 1 fully saturated rings. The maximum Gasteiger partial charge on any atom is 0.243 e. The van der Waals surface area contributed by atoms with Crippen molar-refractivity contribution in [2.24, 2.45) is 11.0 Å². The van der Waals surface area contributed by atoms with E-state index in [9.17, 15) is 8.42 Å². The van der Waals surface area contributed by atoms with E-state index in [0.29, 0.717) is 55.0 Å².